The number of nitrogens with one attached hydrogen (secondary N) is 3. The molecule has 1 aliphatic heterocycles. The minimum absolute atomic E-state index is 0.0282. The van der Waals surface area contributed by atoms with Crippen molar-refractivity contribution in [3.8, 4) is 5.75 Å². The molecule has 9 nitrogen and oxygen atoms in total. The monoisotopic (exact) mass is 560 g/mol. The first-order valence-electron chi connectivity index (χ1n) is 14.2. The molecule has 0 bridgehead atoms. The minimum atomic E-state index is 0.0282. The number of nitrogens with zero attached hydrogens (tertiary/aromatic N) is 5. The van der Waals surface area contributed by atoms with Gasteiger partial charge in [-0.15, -0.1) is 11.8 Å². The predicted molar refractivity (Wildman–Crippen MR) is 167 cm³/mol. The van der Waals surface area contributed by atoms with Crippen molar-refractivity contribution in [1.29, 1.82) is 0 Å². The summed E-state index contributed by atoms with van der Waals surface area (Å²) in [6.45, 7) is 12.9. The Labute approximate surface area is 241 Å². The number of aromatic nitrogens is 4. The number of ether oxygens (including phenoxy) is 1. The zero-order chi connectivity index (χ0) is 28.1. The summed E-state index contributed by atoms with van der Waals surface area (Å²) >= 11 is 1.68. The zero-order valence-corrected chi connectivity index (χ0v) is 24.9. The second-order valence-electron chi connectivity index (χ2n) is 10.2. The summed E-state index contributed by atoms with van der Waals surface area (Å²) in [4.78, 5) is 23.3. The molecule has 3 N–H and O–H groups in total. The maximum atomic E-state index is 6.28. The lowest BCUT2D eigenvalue weighted by atomic mass is 10.0. The number of rotatable bonds is 11. The van der Waals surface area contributed by atoms with Crippen molar-refractivity contribution in [2.45, 2.75) is 57.6 Å². The first-order chi connectivity index (χ1) is 19.5. The van der Waals surface area contributed by atoms with E-state index in [1.54, 1.807) is 18.1 Å². The maximum Gasteiger partial charge on any atom is 0.231 e. The van der Waals surface area contributed by atoms with E-state index in [1.807, 2.05) is 32.0 Å². The van der Waals surface area contributed by atoms with E-state index in [0.717, 1.165) is 48.2 Å². The van der Waals surface area contributed by atoms with Gasteiger partial charge in [-0.2, -0.15) is 9.97 Å². The summed E-state index contributed by atoms with van der Waals surface area (Å²) in [5.74, 6) is 1.88. The van der Waals surface area contributed by atoms with E-state index < -0.39 is 0 Å². The van der Waals surface area contributed by atoms with Gasteiger partial charge in [0.15, 0.2) is 17.0 Å². The van der Waals surface area contributed by atoms with E-state index in [2.05, 4.69) is 74.8 Å². The van der Waals surface area contributed by atoms with Gasteiger partial charge >= 0.3 is 0 Å². The lowest BCUT2D eigenvalue weighted by Gasteiger charge is -2.39. The van der Waals surface area contributed by atoms with E-state index in [0.29, 0.717) is 29.0 Å². The Morgan fingerprint density at radius 3 is 2.55 bits per heavy atom. The molecule has 0 unspecified atom stereocenters. The van der Waals surface area contributed by atoms with Gasteiger partial charge in [-0.1, -0.05) is 26.0 Å². The summed E-state index contributed by atoms with van der Waals surface area (Å²) in [5.41, 5.74) is 4.32. The number of thioether (sulfide) groups is 1. The van der Waals surface area contributed by atoms with Crippen LogP contribution in [0.1, 0.15) is 40.5 Å². The van der Waals surface area contributed by atoms with Crippen LogP contribution >= 0.6 is 11.8 Å². The van der Waals surface area contributed by atoms with Crippen molar-refractivity contribution in [2.24, 2.45) is 0 Å². The highest BCUT2D eigenvalue weighted by molar-refractivity contribution is 7.98. The molecule has 0 amide bonds. The minimum Gasteiger partial charge on any atom is -0.489 e. The van der Waals surface area contributed by atoms with Crippen molar-refractivity contribution < 1.29 is 4.74 Å². The van der Waals surface area contributed by atoms with Crippen LogP contribution in [0, 0.1) is 0 Å². The van der Waals surface area contributed by atoms with Gasteiger partial charge in [0.05, 0.1) is 23.8 Å². The molecule has 3 heterocycles. The van der Waals surface area contributed by atoms with Gasteiger partial charge < -0.3 is 30.2 Å². The van der Waals surface area contributed by atoms with Gasteiger partial charge in [-0.3, -0.25) is 0 Å². The molecule has 0 saturated carbocycles. The third-order valence-electron chi connectivity index (χ3n) is 7.37. The normalized spacial score (nSPS) is 14.3. The van der Waals surface area contributed by atoms with Gasteiger partial charge in [0.2, 0.25) is 5.95 Å². The van der Waals surface area contributed by atoms with Gasteiger partial charge in [-0.25, -0.2) is 4.98 Å². The fraction of sp³-hybridized carbons (Fsp3) is 0.433. The molecule has 2 aromatic carbocycles. The molecule has 0 aliphatic carbocycles. The third-order valence-corrected chi connectivity index (χ3v) is 8.17. The zero-order valence-electron chi connectivity index (χ0n) is 24.1. The van der Waals surface area contributed by atoms with Crippen LogP contribution in [0.5, 0.6) is 5.75 Å². The summed E-state index contributed by atoms with van der Waals surface area (Å²) < 4.78 is 6.28. The third kappa shape index (κ3) is 6.28. The van der Waals surface area contributed by atoms with Crippen molar-refractivity contribution >= 4 is 51.8 Å². The number of imidazole rings is 1. The summed E-state index contributed by atoms with van der Waals surface area (Å²) in [6.07, 6.45) is 6.08. The fourth-order valence-corrected chi connectivity index (χ4v) is 5.92. The van der Waals surface area contributed by atoms with Crippen LogP contribution in [-0.4, -0.2) is 69.4 Å². The molecular formula is C30H40N8OS. The average Bonchev–Trinajstić information content (AvgIpc) is 3.44. The number of hydrogen-bond acceptors (Lipinski definition) is 9. The van der Waals surface area contributed by atoms with Crippen LogP contribution in [0.4, 0.5) is 28.8 Å². The molecule has 2 aromatic heterocycles. The highest BCUT2D eigenvalue weighted by atomic mass is 32.2. The Bertz CT molecular complexity index is 1410. The number of anilines is 5. The van der Waals surface area contributed by atoms with Crippen molar-refractivity contribution in [3.05, 3.63) is 48.8 Å². The Hall–Kier alpha value is -3.50. The van der Waals surface area contributed by atoms with E-state index >= 15 is 0 Å². The molecule has 0 atom stereocenters. The summed E-state index contributed by atoms with van der Waals surface area (Å²) in [6, 6.07) is 15.2. The molecule has 1 aliphatic rings. The number of piperidine rings is 1. The van der Waals surface area contributed by atoms with Crippen molar-refractivity contribution in [1.82, 2.24) is 24.8 Å². The molecule has 1 fully saturated rings. The SMILES string of the molecule is CCN(CC)C1CCN(c2ccc(Nc3nc(Nc4ccccc4SC)c4nc[nH]c4n3)c(OC(C)C)c2)CC1. The van der Waals surface area contributed by atoms with Crippen LogP contribution in [0.15, 0.2) is 53.7 Å². The largest absolute Gasteiger partial charge is 0.489 e. The maximum absolute atomic E-state index is 6.28. The number of H-pyrrole nitrogens is 1. The molecular weight excluding hydrogens is 520 g/mol. The number of aromatic amines is 1. The van der Waals surface area contributed by atoms with Crippen LogP contribution in [-0.2, 0) is 0 Å². The Morgan fingerprint density at radius 1 is 1.05 bits per heavy atom. The van der Waals surface area contributed by atoms with Crippen LogP contribution < -0.4 is 20.3 Å². The van der Waals surface area contributed by atoms with Crippen molar-refractivity contribution in [2.75, 3.05) is 48.0 Å². The number of hydrogen-bond donors (Lipinski definition) is 3. The predicted octanol–water partition coefficient (Wildman–Crippen LogP) is 6.66. The van der Waals surface area contributed by atoms with Crippen molar-refractivity contribution in [3.63, 3.8) is 0 Å². The van der Waals surface area contributed by atoms with E-state index in [1.165, 1.54) is 18.5 Å². The Morgan fingerprint density at radius 2 is 1.82 bits per heavy atom. The molecule has 212 valence electrons. The lowest BCUT2D eigenvalue weighted by Crippen LogP contribution is -2.44. The Balaban J connectivity index is 1.40. The van der Waals surface area contributed by atoms with Gasteiger partial charge in [-0.05, 0) is 70.3 Å². The van der Waals surface area contributed by atoms with Crippen LogP contribution in [0.25, 0.3) is 11.2 Å². The Kier molecular flexibility index (Phi) is 8.96. The molecule has 4 aromatic rings. The van der Waals surface area contributed by atoms with Gasteiger partial charge in [0.25, 0.3) is 0 Å². The van der Waals surface area contributed by atoms with E-state index in [-0.39, 0.29) is 6.10 Å². The lowest BCUT2D eigenvalue weighted by molar-refractivity contribution is 0.186. The summed E-state index contributed by atoms with van der Waals surface area (Å²) in [7, 11) is 0. The molecule has 10 heteroatoms. The molecule has 0 radical (unpaired) electrons. The average molecular weight is 561 g/mol. The standard InChI is InChI=1S/C30H40N8OS/c1-6-37(7-2)21-14-16-38(17-15-21)22-12-13-23(25(18-22)39-20(3)4)34-30-35-28-27(31-19-32-28)29(36-30)33-24-10-8-9-11-26(24)40-5/h8-13,18-21H,6-7,14-17H2,1-5H3,(H3,31,32,33,34,35,36). The smallest absolute Gasteiger partial charge is 0.231 e. The fourth-order valence-electron chi connectivity index (χ4n) is 5.37. The molecule has 40 heavy (non-hydrogen) atoms. The van der Waals surface area contributed by atoms with Crippen LogP contribution in [0.3, 0.4) is 0 Å². The molecule has 0 spiro atoms. The quantitative estimate of drug-likeness (QED) is 0.174. The topological polar surface area (TPSA) is 94.2 Å². The second-order valence-corrected chi connectivity index (χ2v) is 11.1. The van der Waals surface area contributed by atoms with Gasteiger partial charge in [0, 0.05) is 35.8 Å². The highest BCUT2D eigenvalue weighted by Crippen LogP contribution is 2.35. The number of benzene rings is 2. The molecule has 1 saturated heterocycles. The molecule has 5 rings (SSSR count). The summed E-state index contributed by atoms with van der Waals surface area (Å²) in [5, 5.41) is 6.88. The van der Waals surface area contributed by atoms with Gasteiger partial charge in [0.1, 0.15) is 5.75 Å². The van der Waals surface area contributed by atoms with E-state index in [4.69, 9.17) is 14.7 Å². The highest BCUT2D eigenvalue weighted by Gasteiger charge is 2.24. The second kappa shape index (κ2) is 12.8. The first-order valence-corrected chi connectivity index (χ1v) is 15.4. The number of fused-ring (bicyclic) bond motifs is 1. The first kappa shape index (κ1) is 28.0. The van der Waals surface area contributed by atoms with Crippen LogP contribution in [0.2, 0.25) is 0 Å². The van der Waals surface area contributed by atoms with E-state index in [9.17, 15) is 0 Å². The number of para-hydroxylation sites is 1.